The molecule has 1 N–H and O–H groups in total. The smallest absolute Gasteiger partial charge is 0.328 e. The zero-order valence-electron chi connectivity index (χ0n) is 12.7. The Morgan fingerprint density at radius 2 is 1.96 bits per heavy atom. The van der Waals surface area contributed by atoms with E-state index >= 15 is 0 Å². The number of benzene rings is 2. The lowest BCUT2D eigenvalue weighted by Gasteiger charge is -2.06. The minimum Gasteiger partial charge on any atom is -0.459 e. The molecule has 2 aromatic carbocycles. The molecule has 6 nitrogen and oxygen atoms in total. The minimum atomic E-state index is -3.67. The number of sulfonamides is 1. The number of fused-ring (bicyclic) bond motifs is 1. The normalized spacial score (nSPS) is 16.3. The maximum Gasteiger partial charge on any atom is 0.328 e. The summed E-state index contributed by atoms with van der Waals surface area (Å²) in [5.74, 6) is -1.25. The lowest BCUT2D eigenvalue weighted by molar-refractivity contribution is -0.143. The first-order chi connectivity index (χ1) is 11.9. The molecule has 0 atom stereocenters. The van der Waals surface area contributed by atoms with Crippen molar-refractivity contribution in [2.24, 2.45) is 4.99 Å². The topological polar surface area (TPSA) is 84.8 Å². The fourth-order valence-corrected chi connectivity index (χ4v) is 3.73. The molecule has 3 rings (SSSR count). The molecule has 25 heavy (non-hydrogen) atoms. The first-order valence-corrected chi connectivity index (χ1v) is 9.00. The predicted octanol–water partition coefficient (Wildman–Crippen LogP) is 2.26. The van der Waals surface area contributed by atoms with Gasteiger partial charge in [0.2, 0.25) is 0 Å². The Bertz CT molecular complexity index is 956. The molecule has 0 spiro atoms. The molecule has 0 radical (unpaired) electrons. The Hall–Kier alpha value is -2.45. The van der Waals surface area contributed by atoms with Crippen LogP contribution in [0.1, 0.15) is 11.1 Å². The van der Waals surface area contributed by atoms with Crippen LogP contribution in [0.4, 0.5) is 4.39 Å². The second kappa shape index (κ2) is 6.81. The molecular formula is C16H12ClFN2O4S. The van der Waals surface area contributed by atoms with Crippen LogP contribution < -0.4 is 4.72 Å². The number of hydrogen-bond acceptors (Lipinski definition) is 5. The number of carbonyl (C=O) groups is 1. The maximum atomic E-state index is 13.6. The number of nitrogens with zero attached hydrogens (tertiary/aromatic N) is 1. The lowest BCUT2D eigenvalue weighted by Crippen LogP contribution is -2.23. The fraction of sp³-hybridized carbons (Fsp3) is 0.125. The highest BCUT2D eigenvalue weighted by Gasteiger charge is 2.30. The van der Waals surface area contributed by atoms with E-state index < -0.39 is 28.4 Å². The van der Waals surface area contributed by atoms with Crippen LogP contribution in [0.5, 0.6) is 0 Å². The van der Waals surface area contributed by atoms with Crippen molar-refractivity contribution in [3.8, 4) is 0 Å². The number of carbonyl (C=O) groups excluding carboxylic acids is 1. The lowest BCUT2D eigenvalue weighted by atomic mass is 10.2. The first kappa shape index (κ1) is 17.4. The summed E-state index contributed by atoms with van der Waals surface area (Å²) in [6.07, 6.45) is 0. The number of amidine groups is 1. The van der Waals surface area contributed by atoms with Crippen molar-refractivity contribution in [1.82, 2.24) is 4.72 Å². The van der Waals surface area contributed by atoms with Gasteiger partial charge in [0.05, 0.1) is 9.92 Å². The number of aliphatic imine (C=N–C) groups is 1. The van der Waals surface area contributed by atoms with E-state index in [0.29, 0.717) is 5.56 Å². The molecule has 0 unspecified atom stereocenters. The summed E-state index contributed by atoms with van der Waals surface area (Å²) in [4.78, 5) is 15.8. The van der Waals surface area contributed by atoms with E-state index in [1.807, 2.05) is 0 Å². The number of ether oxygens (including phenoxy) is 1. The highest BCUT2D eigenvalue weighted by Crippen LogP contribution is 2.22. The monoisotopic (exact) mass is 382 g/mol. The highest BCUT2D eigenvalue weighted by molar-refractivity contribution is 7.90. The van der Waals surface area contributed by atoms with E-state index in [9.17, 15) is 17.6 Å². The molecule has 1 aliphatic heterocycles. The fourth-order valence-electron chi connectivity index (χ4n) is 2.26. The van der Waals surface area contributed by atoms with Crippen LogP contribution >= 0.6 is 11.6 Å². The molecular weight excluding hydrogens is 371 g/mol. The van der Waals surface area contributed by atoms with Crippen LogP contribution in [0, 0.1) is 5.82 Å². The average Bonchev–Trinajstić information content (AvgIpc) is 2.84. The second-order valence-corrected chi connectivity index (χ2v) is 7.19. The van der Waals surface area contributed by atoms with Gasteiger partial charge < -0.3 is 4.74 Å². The molecule has 1 aliphatic rings. The predicted molar refractivity (Wildman–Crippen MR) is 89.4 cm³/mol. The van der Waals surface area contributed by atoms with E-state index in [0.717, 1.165) is 0 Å². The molecule has 0 aliphatic carbocycles. The van der Waals surface area contributed by atoms with E-state index in [1.54, 1.807) is 18.2 Å². The first-order valence-electron chi connectivity index (χ1n) is 7.13. The van der Waals surface area contributed by atoms with Crippen LogP contribution in [-0.4, -0.2) is 26.8 Å². The van der Waals surface area contributed by atoms with E-state index in [-0.39, 0.29) is 27.9 Å². The maximum absolute atomic E-state index is 13.6. The summed E-state index contributed by atoms with van der Waals surface area (Å²) >= 11 is 5.85. The van der Waals surface area contributed by atoms with Crippen molar-refractivity contribution in [3.05, 3.63) is 64.4 Å². The molecule has 1 heterocycles. The molecule has 130 valence electrons. The number of nitrogens with one attached hydrogen (secondary N) is 1. The van der Waals surface area contributed by atoms with E-state index in [2.05, 4.69) is 9.71 Å². The van der Waals surface area contributed by atoms with Crippen molar-refractivity contribution in [2.75, 3.05) is 6.54 Å². The van der Waals surface area contributed by atoms with Crippen LogP contribution in [0.2, 0.25) is 5.02 Å². The van der Waals surface area contributed by atoms with E-state index in [1.165, 1.54) is 24.3 Å². The van der Waals surface area contributed by atoms with Gasteiger partial charge in [-0.15, -0.1) is 0 Å². The summed E-state index contributed by atoms with van der Waals surface area (Å²) in [5, 5.41) is 0.150. The summed E-state index contributed by atoms with van der Waals surface area (Å²) in [6, 6.07) is 10.4. The van der Waals surface area contributed by atoms with Crippen molar-refractivity contribution in [1.29, 1.82) is 0 Å². The van der Waals surface area contributed by atoms with Crippen molar-refractivity contribution >= 4 is 33.4 Å². The van der Waals surface area contributed by atoms with Crippen LogP contribution in [0.15, 0.2) is 52.4 Å². The number of hydrogen-bond donors (Lipinski definition) is 1. The standard InChI is InChI=1S/C16H12ClFN2O4S/c17-12-5-3-6-13(18)11(12)9-24-15(21)8-19-16-10-4-1-2-7-14(10)25(22,23)20-16/h1-7H,8-9H2,(H,19,20). The van der Waals surface area contributed by atoms with E-state index in [4.69, 9.17) is 16.3 Å². The Morgan fingerprint density at radius 1 is 1.20 bits per heavy atom. The van der Waals surface area contributed by atoms with Gasteiger partial charge in [0.25, 0.3) is 10.0 Å². The van der Waals surface area contributed by atoms with Crippen LogP contribution in [0.3, 0.4) is 0 Å². The largest absolute Gasteiger partial charge is 0.459 e. The summed E-state index contributed by atoms with van der Waals surface area (Å²) in [6.45, 7) is -0.754. The zero-order chi connectivity index (χ0) is 18.0. The van der Waals surface area contributed by atoms with Crippen molar-refractivity contribution in [2.45, 2.75) is 11.5 Å². The quantitative estimate of drug-likeness (QED) is 0.822. The summed E-state index contributed by atoms with van der Waals surface area (Å²) in [5.41, 5.74) is 0.449. The molecule has 0 bridgehead atoms. The molecule has 2 aromatic rings. The summed E-state index contributed by atoms with van der Waals surface area (Å²) < 4.78 is 44.7. The highest BCUT2D eigenvalue weighted by atomic mass is 35.5. The molecule has 0 amide bonds. The number of esters is 1. The van der Waals surface area contributed by atoms with Gasteiger partial charge >= 0.3 is 5.97 Å². The van der Waals surface area contributed by atoms with Gasteiger partial charge in [0.15, 0.2) is 0 Å². The van der Waals surface area contributed by atoms with Gasteiger partial charge in [0, 0.05) is 11.1 Å². The van der Waals surface area contributed by atoms with Gasteiger partial charge in [-0.05, 0) is 24.3 Å². The number of halogens is 2. The molecule has 9 heteroatoms. The van der Waals surface area contributed by atoms with Gasteiger partial charge in [-0.1, -0.05) is 29.8 Å². The van der Waals surface area contributed by atoms with Gasteiger partial charge in [-0.3, -0.25) is 14.5 Å². The van der Waals surface area contributed by atoms with Gasteiger partial charge in [0.1, 0.15) is 24.8 Å². The molecule has 0 aromatic heterocycles. The number of rotatable bonds is 4. The summed E-state index contributed by atoms with van der Waals surface area (Å²) in [7, 11) is -3.67. The average molecular weight is 383 g/mol. The van der Waals surface area contributed by atoms with Crippen molar-refractivity contribution < 1.29 is 22.3 Å². The Kier molecular flexibility index (Phi) is 4.73. The van der Waals surface area contributed by atoms with Gasteiger partial charge in [-0.25, -0.2) is 12.8 Å². The molecule has 0 saturated heterocycles. The van der Waals surface area contributed by atoms with Gasteiger partial charge in [-0.2, -0.15) is 0 Å². The Labute approximate surface area is 148 Å². The third-order valence-electron chi connectivity index (χ3n) is 3.47. The minimum absolute atomic E-state index is 0.0662. The third-order valence-corrected chi connectivity index (χ3v) is 5.22. The van der Waals surface area contributed by atoms with Crippen LogP contribution in [-0.2, 0) is 26.2 Å². The molecule has 0 fully saturated rings. The molecule has 0 saturated carbocycles. The zero-order valence-corrected chi connectivity index (χ0v) is 14.3. The SMILES string of the molecule is O=C(CN=C1NS(=O)(=O)c2ccccc21)OCc1c(F)cccc1Cl. The van der Waals surface area contributed by atoms with Crippen LogP contribution in [0.25, 0.3) is 0 Å². The Balaban J connectivity index is 1.68. The third kappa shape index (κ3) is 3.64. The Morgan fingerprint density at radius 3 is 2.72 bits per heavy atom. The van der Waals surface area contributed by atoms with Crippen molar-refractivity contribution in [3.63, 3.8) is 0 Å². The second-order valence-electron chi connectivity index (χ2n) is 5.13.